The van der Waals surface area contributed by atoms with Crippen molar-refractivity contribution in [3.8, 4) is 20.5 Å². The summed E-state index contributed by atoms with van der Waals surface area (Å²) in [6.07, 6.45) is 2.26. The van der Waals surface area contributed by atoms with Crippen LogP contribution in [-0.4, -0.2) is 46.1 Å². The van der Waals surface area contributed by atoms with E-state index in [1.165, 1.54) is 11.8 Å². The predicted molar refractivity (Wildman–Crippen MR) is 114 cm³/mol. The van der Waals surface area contributed by atoms with Crippen LogP contribution < -0.4 is 5.32 Å². The Kier molecular flexibility index (Phi) is 6.36. The topological polar surface area (TPSA) is 77.0 Å². The number of hydrogen-bond acceptors (Lipinski definition) is 8. The van der Waals surface area contributed by atoms with Crippen molar-refractivity contribution in [2.75, 3.05) is 18.9 Å². The summed E-state index contributed by atoms with van der Waals surface area (Å²) < 4.78 is 5.51. The molecule has 1 fully saturated rings. The van der Waals surface area contributed by atoms with Gasteiger partial charge in [-0.05, 0) is 43.3 Å². The predicted octanol–water partition coefficient (Wildman–Crippen LogP) is 4.02. The van der Waals surface area contributed by atoms with Crippen LogP contribution in [0.2, 0.25) is 0 Å². The Morgan fingerprint density at radius 3 is 3.00 bits per heavy atom. The second-order valence-electron chi connectivity index (χ2n) is 6.40. The lowest BCUT2D eigenvalue weighted by molar-refractivity contribution is -0.119. The van der Waals surface area contributed by atoms with E-state index in [4.69, 9.17) is 4.74 Å². The molecule has 9 heteroatoms. The van der Waals surface area contributed by atoms with Crippen molar-refractivity contribution in [1.82, 2.24) is 20.5 Å². The van der Waals surface area contributed by atoms with E-state index in [0.717, 1.165) is 50.6 Å². The molecule has 0 spiro atoms. The third-order valence-electron chi connectivity index (χ3n) is 4.30. The summed E-state index contributed by atoms with van der Waals surface area (Å²) in [5, 5.41) is 15.3. The van der Waals surface area contributed by atoms with Gasteiger partial charge in [0.25, 0.3) is 0 Å². The van der Waals surface area contributed by atoms with Gasteiger partial charge >= 0.3 is 0 Å². The molecule has 1 aliphatic heterocycles. The van der Waals surface area contributed by atoms with Gasteiger partial charge in [-0.25, -0.2) is 4.98 Å². The number of amides is 1. The standard InChI is InChI=1S/C19H20N4O2S3/c1-12-18(28-19(21-12)15-5-3-9-26-15)14-6-7-17(23-22-14)27-11-16(24)20-10-13-4-2-8-25-13/h3,5-7,9,13H,2,4,8,10-11H2,1H3,(H,20,24)/t13-/m0/s1. The van der Waals surface area contributed by atoms with Gasteiger partial charge in [0.2, 0.25) is 5.91 Å². The van der Waals surface area contributed by atoms with Gasteiger partial charge in [-0.2, -0.15) is 0 Å². The van der Waals surface area contributed by atoms with Gasteiger partial charge in [0.1, 0.15) is 15.7 Å². The molecular formula is C19H20N4O2S3. The Morgan fingerprint density at radius 2 is 2.29 bits per heavy atom. The van der Waals surface area contributed by atoms with E-state index in [1.807, 2.05) is 25.1 Å². The number of aromatic nitrogens is 3. The Morgan fingerprint density at radius 1 is 1.36 bits per heavy atom. The number of thioether (sulfide) groups is 1. The smallest absolute Gasteiger partial charge is 0.230 e. The lowest BCUT2D eigenvalue weighted by atomic mass is 10.2. The molecule has 6 nitrogen and oxygen atoms in total. The molecule has 1 aliphatic rings. The van der Waals surface area contributed by atoms with Crippen LogP contribution in [0.1, 0.15) is 18.5 Å². The van der Waals surface area contributed by atoms with E-state index < -0.39 is 0 Å². The molecule has 3 aromatic rings. The summed E-state index contributed by atoms with van der Waals surface area (Å²) in [7, 11) is 0. The lowest BCUT2D eigenvalue weighted by Crippen LogP contribution is -2.32. The summed E-state index contributed by atoms with van der Waals surface area (Å²) in [6.45, 7) is 3.37. The second-order valence-corrected chi connectivity index (χ2v) is 9.34. The molecule has 4 heterocycles. The maximum Gasteiger partial charge on any atom is 0.230 e. The van der Waals surface area contributed by atoms with Crippen molar-refractivity contribution < 1.29 is 9.53 Å². The van der Waals surface area contributed by atoms with E-state index >= 15 is 0 Å². The molecule has 0 unspecified atom stereocenters. The highest BCUT2D eigenvalue weighted by Crippen LogP contribution is 2.36. The van der Waals surface area contributed by atoms with E-state index in [0.29, 0.717) is 12.3 Å². The Labute approximate surface area is 175 Å². The number of ether oxygens (including phenoxy) is 1. The number of hydrogen-bond donors (Lipinski definition) is 1. The summed E-state index contributed by atoms with van der Waals surface area (Å²) in [6, 6.07) is 7.95. The number of thiazole rings is 1. The minimum atomic E-state index is -0.00901. The first-order valence-corrected chi connectivity index (χ1v) is 11.7. The zero-order valence-electron chi connectivity index (χ0n) is 15.4. The van der Waals surface area contributed by atoms with Crippen LogP contribution in [0.25, 0.3) is 20.5 Å². The number of nitrogens with zero attached hydrogens (tertiary/aromatic N) is 3. The van der Waals surface area contributed by atoms with Gasteiger partial charge in [0.05, 0.1) is 27.3 Å². The van der Waals surface area contributed by atoms with Gasteiger partial charge in [-0.1, -0.05) is 17.8 Å². The molecule has 146 valence electrons. The number of carbonyl (C=O) groups is 1. The number of thiophene rings is 1. The van der Waals surface area contributed by atoms with Crippen molar-refractivity contribution in [1.29, 1.82) is 0 Å². The van der Waals surface area contributed by atoms with Crippen molar-refractivity contribution in [2.24, 2.45) is 0 Å². The number of nitrogens with one attached hydrogen (secondary N) is 1. The van der Waals surface area contributed by atoms with Gasteiger partial charge in [0, 0.05) is 13.2 Å². The first-order valence-electron chi connectivity index (χ1n) is 9.05. The Bertz CT molecular complexity index is 919. The molecule has 1 saturated heterocycles. The molecule has 0 radical (unpaired) electrons. The van der Waals surface area contributed by atoms with Crippen molar-refractivity contribution in [2.45, 2.75) is 30.9 Å². The minimum Gasteiger partial charge on any atom is -0.376 e. The Balaban J connectivity index is 1.33. The Hall–Kier alpha value is -1.81. The van der Waals surface area contributed by atoms with Crippen LogP contribution >= 0.6 is 34.4 Å². The maximum absolute atomic E-state index is 12.0. The third kappa shape index (κ3) is 4.78. The minimum absolute atomic E-state index is 0.00901. The van der Waals surface area contributed by atoms with Crippen LogP contribution in [0.3, 0.4) is 0 Å². The quantitative estimate of drug-likeness (QED) is 0.568. The molecule has 1 amide bonds. The van der Waals surface area contributed by atoms with Crippen LogP contribution in [-0.2, 0) is 9.53 Å². The van der Waals surface area contributed by atoms with Gasteiger partial charge in [0.15, 0.2) is 0 Å². The molecule has 0 aliphatic carbocycles. The first-order chi connectivity index (χ1) is 13.7. The molecular weight excluding hydrogens is 412 g/mol. The molecule has 4 rings (SSSR count). The fourth-order valence-electron chi connectivity index (χ4n) is 2.88. The fourth-order valence-corrected chi connectivity index (χ4v) is 5.35. The maximum atomic E-state index is 12.0. The highest BCUT2D eigenvalue weighted by Gasteiger charge is 2.17. The third-order valence-corrected chi connectivity index (χ3v) is 7.44. The molecule has 1 N–H and O–H groups in total. The van der Waals surface area contributed by atoms with E-state index in [2.05, 4.69) is 31.9 Å². The number of carbonyl (C=O) groups excluding carboxylic acids is 1. The van der Waals surface area contributed by atoms with Gasteiger partial charge in [-0.15, -0.1) is 32.9 Å². The van der Waals surface area contributed by atoms with E-state index in [-0.39, 0.29) is 12.0 Å². The SMILES string of the molecule is Cc1nc(-c2cccs2)sc1-c1ccc(SCC(=O)NC[C@@H]2CCCO2)nn1. The summed E-state index contributed by atoms with van der Waals surface area (Å²) in [4.78, 5) is 18.8. The monoisotopic (exact) mass is 432 g/mol. The number of rotatable bonds is 7. The van der Waals surface area contributed by atoms with Crippen molar-refractivity contribution >= 4 is 40.3 Å². The molecule has 3 aromatic heterocycles. The van der Waals surface area contributed by atoms with Gasteiger partial charge in [-0.3, -0.25) is 4.79 Å². The highest BCUT2D eigenvalue weighted by molar-refractivity contribution is 7.99. The zero-order valence-corrected chi connectivity index (χ0v) is 17.8. The average Bonchev–Trinajstić information content (AvgIpc) is 3.46. The van der Waals surface area contributed by atoms with E-state index in [9.17, 15) is 4.79 Å². The highest BCUT2D eigenvalue weighted by atomic mass is 32.2. The van der Waals surface area contributed by atoms with Gasteiger partial charge < -0.3 is 10.1 Å². The number of aryl methyl sites for hydroxylation is 1. The first kappa shape index (κ1) is 19.5. The normalized spacial score (nSPS) is 16.4. The van der Waals surface area contributed by atoms with Crippen LogP contribution in [0.15, 0.2) is 34.7 Å². The molecule has 0 saturated carbocycles. The molecule has 0 bridgehead atoms. The van der Waals surface area contributed by atoms with Crippen LogP contribution in [0.5, 0.6) is 0 Å². The average molecular weight is 433 g/mol. The second kappa shape index (κ2) is 9.13. The zero-order chi connectivity index (χ0) is 19.3. The summed E-state index contributed by atoms with van der Waals surface area (Å²) in [5.74, 6) is 0.313. The van der Waals surface area contributed by atoms with Crippen molar-refractivity contribution in [3.05, 3.63) is 35.3 Å². The fraction of sp³-hybridized carbons (Fsp3) is 0.368. The largest absolute Gasteiger partial charge is 0.376 e. The summed E-state index contributed by atoms with van der Waals surface area (Å²) >= 11 is 4.69. The molecule has 28 heavy (non-hydrogen) atoms. The van der Waals surface area contributed by atoms with Crippen molar-refractivity contribution in [3.63, 3.8) is 0 Å². The molecule has 0 aromatic carbocycles. The van der Waals surface area contributed by atoms with Crippen LogP contribution in [0.4, 0.5) is 0 Å². The van der Waals surface area contributed by atoms with Crippen LogP contribution in [0, 0.1) is 6.92 Å². The lowest BCUT2D eigenvalue weighted by Gasteiger charge is -2.10. The molecule has 1 atom stereocenters. The van der Waals surface area contributed by atoms with E-state index in [1.54, 1.807) is 22.7 Å². The summed E-state index contributed by atoms with van der Waals surface area (Å²) in [5.41, 5.74) is 1.77.